The fraction of sp³-hybridized carbons (Fsp3) is 0.636. The topological polar surface area (TPSA) is 84.2 Å². The maximum atomic E-state index is 11.8. The monoisotopic (exact) mass is 240 g/mol. The zero-order valence-corrected chi connectivity index (χ0v) is 10.9. The molecule has 0 fully saturated rings. The van der Waals surface area contributed by atoms with E-state index in [1.165, 1.54) is 11.1 Å². The lowest BCUT2D eigenvalue weighted by molar-refractivity contribution is 0.0231. The summed E-state index contributed by atoms with van der Waals surface area (Å²) in [7, 11) is 1.67. The Morgan fingerprint density at radius 2 is 2.18 bits per heavy atom. The molecule has 0 saturated carbocycles. The number of ether oxygens (including phenoxy) is 1. The number of amides is 1. The molecule has 0 aliphatic carbocycles. The molecule has 1 amide bonds. The third-order valence-electron chi connectivity index (χ3n) is 2.38. The van der Waals surface area contributed by atoms with Gasteiger partial charge in [0.15, 0.2) is 0 Å². The van der Waals surface area contributed by atoms with Crippen LogP contribution in [0.25, 0.3) is 0 Å². The van der Waals surface area contributed by atoms with Crippen LogP contribution in [0.3, 0.4) is 0 Å². The van der Waals surface area contributed by atoms with Gasteiger partial charge in [-0.15, -0.1) is 0 Å². The number of carbonyl (C=O) groups excluding carboxylic acids is 1. The molecular formula is C11H20N4O2. The first-order valence-corrected chi connectivity index (χ1v) is 5.47. The van der Waals surface area contributed by atoms with E-state index >= 15 is 0 Å². The van der Waals surface area contributed by atoms with Crippen molar-refractivity contribution in [2.45, 2.75) is 39.3 Å². The summed E-state index contributed by atoms with van der Waals surface area (Å²) in [5.41, 5.74) is 6.47. The number of rotatable bonds is 2. The number of nitrogens with one attached hydrogen (secondary N) is 1. The number of anilines is 1. The van der Waals surface area contributed by atoms with Gasteiger partial charge < -0.3 is 15.4 Å². The highest BCUT2D eigenvalue weighted by atomic mass is 16.6. The number of nitrogens with zero attached hydrogens (tertiary/aromatic N) is 2. The van der Waals surface area contributed by atoms with Crippen LogP contribution < -0.4 is 5.73 Å². The lowest BCUT2D eigenvalue weighted by Gasteiger charge is -2.28. The van der Waals surface area contributed by atoms with Crippen LogP contribution in [0, 0.1) is 0 Å². The van der Waals surface area contributed by atoms with Gasteiger partial charge in [-0.2, -0.15) is 5.10 Å². The zero-order chi connectivity index (χ0) is 13.2. The fourth-order valence-corrected chi connectivity index (χ4v) is 1.33. The molecule has 1 aromatic heterocycles. The molecule has 0 aliphatic heterocycles. The summed E-state index contributed by atoms with van der Waals surface area (Å²) in [6, 6.07) is -0.215. The largest absolute Gasteiger partial charge is 0.444 e. The number of H-pyrrole nitrogens is 1. The third kappa shape index (κ3) is 3.37. The quantitative estimate of drug-likeness (QED) is 0.827. The van der Waals surface area contributed by atoms with Crippen LogP contribution in [0.1, 0.15) is 39.4 Å². The first kappa shape index (κ1) is 13.3. The summed E-state index contributed by atoms with van der Waals surface area (Å²) < 4.78 is 5.27. The van der Waals surface area contributed by atoms with Crippen LogP contribution in [0.5, 0.6) is 0 Å². The number of nitrogens with two attached hydrogens (primary N) is 1. The molecule has 3 N–H and O–H groups in total. The first-order chi connectivity index (χ1) is 7.72. The summed E-state index contributed by atoms with van der Waals surface area (Å²) in [5, 5.41) is 6.61. The number of aromatic nitrogens is 2. The zero-order valence-electron chi connectivity index (χ0n) is 10.9. The summed E-state index contributed by atoms with van der Waals surface area (Å²) in [4.78, 5) is 13.3. The molecular weight excluding hydrogens is 220 g/mol. The molecule has 1 atom stereocenters. The molecule has 1 unspecified atom stereocenters. The minimum absolute atomic E-state index is 0.215. The van der Waals surface area contributed by atoms with Gasteiger partial charge in [0, 0.05) is 7.05 Å². The van der Waals surface area contributed by atoms with Crippen molar-refractivity contribution in [3.05, 3.63) is 11.9 Å². The predicted molar refractivity (Wildman–Crippen MR) is 65.4 cm³/mol. The molecule has 0 aliphatic rings. The molecule has 17 heavy (non-hydrogen) atoms. The van der Waals surface area contributed by atoms with Gasteiger partial charge in [-0.05, 0) is 27.7 Å². The average molecular weight is 240 g/mol. The summed E-state index contributed by atoms with van der Waals surface area (Å²) in [6.45, 7) is 7.34. The smallest absolute Gasteiger partial charge is 0.410 e. The van der Waals surface area contributed by atoms with Gasteiger partial charge in [0.25, 0.3) is 0 Å². The maximum absolute atomic E-state index is 11.8. The summed E-state index contributed by atoms with van der Waals surface area (Å²) >= 11 is 0. The number of nitrogen functional groups attached to an aromatic ring is 1. The molecule has 1 rings (SSSR count). The fourth-order valence-electron chi connectivity index (χ4n) is 1.33. The van der Waals surface area contributed by atoms with Crippen molar-refractivity contribution in [3.8, 4) is 0 Å². The van der Waals surface area contributed by atoms with E-state index in [2.05, 4.69) is 10.2 Å². The summed E-state index contributed by atoms with van der Waals surface area (Å²) in [6.07, 6.45) is 1.13. The Balaban J connectivity index is 2.74. The van der Waals surface area contributed by atoms with Gasteiger partial charge >= 0.3 is 6.09 Å². The third-order valence-corrected chi connectivity index (χ3v) is 2.38. The Labute approximate surface area is 101 Å². The predicted octanol–water partition coefficient (Wildman–Crippen LogP) is 1.92. The van der Waals surface area contributed by atoms with E-state index < -0.39 is 5.60 Å². The van der Waals surface area contributed by atoms with Crippen molar-refractivity contribution in [1.82, 2.24) is 15.1 Å². The molecule has 6 nitrogen and oxygen atoms in total. The summed E-state index contributed by atoms with van der Waals surface area (Å²) in [5.74, 6) is 0. The Kier molecular flexibility index (Phi) is 3.65. The molecule has 0 spiro atoms. The van der Waals surface area contributed by atoms with Crippen LogP contribution in [0.15, 0.2) is 6.20 Å². The Hall–Kier alpha value is -1.72. The second-order valence-electron chi connectivity index (χ2n) is 5.01. The first-order valence-electron chi connectivity index (χ1n) is 5.47. The van der Waals surface area contributed by atoms with Crippen molar-refractivity contribution in [3.63, 3.8) is 0 Å². The highest BCUT2D eigenvalue weighted by molar-refractivity contribution is 5.68. The van der Waals surface area contributed by atoms with Crippen molar-refractivity contribution < 1.29 is 9.53 Å². The Morgan fingerprint density at radius 3 is 2.59 bits per heavy atom. The van der Waals surface area contributed by atoms with Gasteiger partial charge in [-0.1, -0.05) is 0 Å². The number of hydrogen-bond donors (Lipinski definition) is 2. The molecule has 0 radical (unpaired) electrons. The highest BCUT2D eigenvalue weighted by Crippen LogP contribution is 2.23. The van der Waals surface area contributed by atoms with E-state index in [9.17, 15) is 4.79 Å². The van der Waals surface area contributed by atoms with E-state index in [0.717, 1.165) is 0 Å². The Morgan fingerprint density at radius 1 is 1.59 bits per heavy atom. The molecule has 0 saturated heterocycles. The van der Waals surface area contributed by atoms with Crippen LogP contribution >= 0.6 is 0 Å². The van der Waals surface area contributed by atoms with Gasteiger partial charge in [0.05, 0.1) is 23.6 Å². The van der Waals surface area contributed by atoms with E-state index in [-0.39, 0.29) is 12.1 Å². The van der Waals surface area contributed by atoms with E-state index in [4.69, 9.17) is 10.5 Å². The lowest BCUT2D eigenvalue weighted by Crippen LogP contribution is -2.36. The Bertz CT molecular complexity index is 394. The van der Waals surface area contributed by atoms with Gasteiger partial charge in [-0.3, -0.25) is 5.10 Å². The molecule has 96 valence electrons. The molecule has 0 bridgehead atoms. The van der Waals surface area contributed by atoms with E-state index in [1.54, 1.807) is 7.05 Å². The number of carbonyl (C=O) groups is 1. The van der Waals surface area contributed by atoms with Gasteiger partial charge in [-0.25, -0.2) is 4.79 Å². The normalized spacial score (nSPS) is 13.2. The van der Waals surface area contributed by atoms with Crippen LogP contribution in [0.4, 0.5) is 10.5 Å². The standard InChI is InChI=1S/C11H20N4O2/c1-7(9-8(12)6-13-14-9)15(5)10(16)17-11(2,3)4/h6-7H,12H2,1-5H3,(H,13,14). The van der Waals surface area contributed by atoms with Gasteiger partial charge in [0.1, 0.15) is 5.60 Å². The van der Waals surface area contributed by atoms with Crippen molar-refractivity contribution in [1.29, 1.82) is 0 Å². The number of hydrogen-bond acceptors (Lipinski definition) is 4. The highest BCUT2D eigenvalue weighted by Gasteiger charge is 2.25. The molecule has 1 heterocycles. The van der Waals surface area contributed by atoms with Crippen LogP contribution in [-0.4, -0.2) is 33.8 Å². The number of aromatic amines is 1. The SMILES string of the molecule is CC(c1[nH]ncc1N)N(C)C(=O)OC(C)(C)C. The molecule has 6 heteroatoms. The van der Waals surface area contributed by atoms with Crippen LogP contribution in [0.2, 0.25) is 0 Å². The second-order valence-corrected chi connectivity index (χ2v) is 5.01. The molecule has 1 aromatic rings. The van der Waals surface area contributed by atoms with E-state index in [1.807, 2.05) is 27.7 Å². The van der Waals surface area contributed by atoms with Crippen molar-refractivity contribution in [2.75, 3.05) is 12.8 Å². The van der Waals surface area contributed by atoms with Crippen LogP contribution in [-0.2, 0) is 4.74 Å². The molecule has 0 aromatic carbocycles. The average Bonchev–Trinajstić information content (AvgIpc) is 2.59. The van der Waals surface area contributed by atoms with E-state index in [0.29, 0.717) is 11.4 Å². The lowest BCUT2D eigenvalue weighted by atomic mass is 10.2. The van der Waals surface area contributed by atoms with Crippen molar-refractivity contribution in [2.24, 2.45) is 0 Å². The van der Waals surface area contributed by atoms with Crippen molar-refractivity contribution >= 4 is 11.8 Å². The minimum atomic E-state index is -0.509. The maximum Gasteiger partial charge on any atom is 0.410 e. The van der Waals surface area contributed by atoms with Gasteiger partial charge in [0.2, 0.25) is 0 Å². The second kappa shape index (κ2) is 4.65. The minimum Gasteiger partial charge on any atom is -0.444 e.